The molecule has 1 fully saturated rings. The largest absolute Gasteiger partial charge is 0.374 e. The van der Waals surface area contributed by atoms with Gasteiger partial charge in [-0.05, 0) is 32.7 Å². The summed E-state index contributed by atoms with van der Waals surface area (Å²) in [5, 5.41) is 7.50. The number of methoxy groups -OCH3 is 1. The van der Waals surface area contributed by atoms with Crippen LogP contribution in [0.25, 0.3) is 0 Å². The van der Waals surface area contributed by atoms with Crippen molar-refractivity contribution in [3.05, 3.63) is 11.7 Å². The van der Waals surface area contributed by atoms with Gasteiger partial charge in [0, 0.05) is 13.7 Å². The number of piperidine rings is 1. The van der Waals surface area contributed by atoms with Gasteiger partial charge in [0.05, 0.1) is 5.41 Å². The van der Waals surface area contributed by atoms with Crippen molar-refractivity contribution in [2.45, 2.75) is 51.0 Å². The SMILES string of the molecule is CCCC1(c2nc(C(C)OC)no2)CCCNC1. The zero-order valence-corrected chi connectivity index (χ0v) is 11.5. The standard InChI is InChI=1S/C13H23N3O2/c1-4-6-13(7-5-8-14-9-13)12-15-11(16-18-12)10(2)17-3/h10,14H,4-9H2,1-3H3. The Balaban J connectivity index is 2.22. The fourth-order valence-corrected chi connectivity index (χ4v) is 2.67. The van der Waals surface area contributed by atoms with Gasteiger partial charge in [-0.1, -0.05) is 18.5 Å². The van der Waals surface area contributed by atoms with Crippen LogP contribution in [0.15, 0.2) is 4.52 Å². The maximum absolute atomic E-state index is 5.50. The lowest BCUT2D eigenvalue weighted by molar-refractivity contribution is 0.109. The van der Waals surface area contributed by atoms with Crippen LogP contribution in [-0.4, -0.2) is 30.3 Å². The van der Waals surface area contributed by atoms with Gasteiger partial charge in [0.1, 0.15) is 6.10 Å². The third-order valence-electron chi connectivity index (χ3n) is 3.81. The first kappa shape index (κ1) is 13.5. The second-order valence-corrected chi connectivity index (χ2v) is 5.15. The van der Waals surface area contributed by atoms with Gasteiger partial charge < -0.3 is 14.6 Å². The van der Waals surface area contributed by atoms with E-state index < -0.39 is 0 Å². The van der Waals surface area contributed by atoms with Crippen molar-refractivity contribution >= 4 is 0 Å². The molecule has 0 radical (unpaired) electrons. The van der Waals surface area contributed by atoms with Crippen LogP contribution in [0.4, 0.5) is 0 Å². The molecule has 1 saturated heterocycles. The molecule has 1 aromatic rings. The van der Waals surface area contributed by atoms with Crippen LogP contribution in [0.3, 0.4) is 0 Å². The van der Waals surface area contributed by atoms with Crippen LogP contribution < -0.4 is 5.32 Å². The topological polar surface area (TPSA) is 60.2 Å². The summed E-state index contributed by atoms with van der Waals surface area (Å²) >= 11 is 0. The van der Waals surface area contributed by atoms with E-state index in [1.165, 1.54) is 0 Å². The molecule has 0 amide bonds. The van der Waals surface area contributed by atoms with Crippen LogP contribution in [-0.2, 0) is 10.2 Å². The lowest BCUT2D eigenvalue weighted by atomic mass is 9.77. The molecule has 2 heterocycles. The zero-order valence-electron chi connectivity index (χ0n) is 11.5. The van der Waals surface area contributed by atoms with E-state index in [1.807, 2.05) is 6.92 Å². The average molecular weight is 253 g/mol. The van der Waals surface area contributed by atoms with E-state index in [9.17, 15) is 0 Å². The van der Waals surface area contributed by atoms with E-state index in [0.29, 0.717) is 5.82 Å². The second-order valence-electron chi connectivity index (χ2n) is 5.15. The first-order valence-electron chi connectivity index (χ1n) is 6.79. The normalized spacial score (nSPS) is 26.2. The summed E-state index contributed by atoms with van der Waals surface area (Å²) in [5.41, 5.74) is 0.0196. The highest BCUT2D eigenvalue weighted by Gasteiger charge is 2.38. The number of nitrogens with zero attached hydrogens (tertiary/aromatic N) is 2. The van der Waals surface area contributed by atoms with Crippen LogP contribution in [0.1, 0.15) is 57.3 Å². The van der Waals surface area contributed by atoms with Crippen molar-refractivity contribution in [2.75, 3.05) is 20.2 Å². The van der Waals surface area contributed by atoms with E-state index in [0.717, 1.165) is 44.7 Å². The molecule has 1 aliphatic rings. The Bertz CT molecular complexity index is 367. The van der Waals surface area contributed by atoms with Crippen LogP contribution >= 0.6 is 0 Å². The van der Waals surface area contributed by atoms with E-state index >= 15 is 0 Å². The number of aromatic nitrogens is 2. The minimum Gasteiger partial charge on any atom is -0.374 e. The molecule has 1 N–H and O–H groups in total. The monoisotopic (exact) mass is 253 g/mol. The Morgan fingerprint density at radius 1 is 1.56 bits per heavy atom. The van der Waals surface area contributed by atoms with Gasteiger partial charge in [-0.15, -0.1) is 0 Å². The van der Waals surface area contributed by atoms with E-state index in [-0.39, 0.29) is 11.5 Å². The molecule has 1 aliphatic heterocycles. The Morgan fingerprint density at radius 3 is 3.00 bits per heavy atom. The molecule has 0 bridgehead atoms. The summed E-state index contributed by atoms with van der Waals surface area (Å²) in [6, 6.07) is 0. The maximum atomic E-state index is 5.50. The average Bonchev–Trinajstić information content (AvgIpc) is 2.89. The molecule has 0 spiro atoms. The lowest BCUT2D eigenvalue weighted by Crippen LogP contribution is -2.43. The van der Waals surface area contributed by atoms with Crippen molar-refractivity contribution in [1.82, 2.24) is 15.5 Å². The van der Waals surface area contributed by atoms with Gasteiger partial charge in [-0.25, -0.2) is 0 Å². The first-order chi connectivity index (χ1) is 8.72. The predicted octanol–water partition coefficient (Wildman–Crippen LogP) is 2.20. The first-order valence-corrected chi connectivity index (χ1v) is 6.79. The minimum absolute atomic E-state index is 0.0196. The molecule has 2 unspecified atom stereocenters. The Labute approximate surface area is 108 Å². The lowest BCUT2D eigenvalue weighted by Gasteiger charge is -2.34. The Kier molecular flexibility index (Phi) is 4.35. The summed E-state index contributed by atoms with van der Waals surface area (Å²) in [7, 11) is 1.66. The molecule has 102 valence electrons. The van der Waals surface area contributed by atoms with E-state index in [4.69, 9.17) is 9.26 Å². The third kappa shape index (κ3) is 2.57. The number of ether oxygens (including phenoxy) is 1. The second kappa shape index (κ2) is 5.80. The van der Waals surface area contributed by atoms with Crippen molar-refractivity contribution in [2.24, 2.45) is 0 Å². The molecule has 0 saturated carbocycles. The molecular weight excluding hydrogens is 230 g/mol. The van der Waals surface area contributed by atoms with Crippen LogP contribution in [0, 0.1) is 0 Å². The van der Waals surface area contributed by atoms with Gasteiger partial charge in [-0.2, -0.15) is 4.98 Å². The summed E-state index contributed by atoms with van der Waals surface area (Å²) in [4.78, 5) is 4.55. The Morgan fingerprint density at radius 2 is 2.39 bits per heavy atom. The maximum Gasteiger partial charge on any atom is 0.234 e. The van der Waals surface area contributed by atoms with Gasteiger partial charge in [0.2, 0.25) is 5.89 Å². The highest BCUT2D eigenvalue weighted by atomic mass is 16.5. The van der Waals surface area contributed by atoms with E-state index in [2.05, 4.69) is 22.4 Å². The van der Waals surface area contributed by atoms with Gasteiger partial charge in [0.15, 0.2) is 5.82 Å². The van der Waals surface area contributed by atoms with Crippen LogP contribution in [0.5, 0.6) is 0 Å². The molecule has 18 heavy (non-hydrogen) atoms. The van der Waals surface area contributed by atoms with Crippen LogP contribution in [0.2, 0.25) is 0 Å². The molecule has 5 heteroatoms. The number of nitrogens with one attached hydrogen (secondary N) is 1. The quantitative estimate of drug-likeness (QED) is 0.871. The molecule has 0 aliphatic carbocycles. The van der Waals surface area contributed by atoms with Crippen molar-refractivity contribution in [3.8, 4) is 0 Å². The molecular formula is C13H23N3O2. The number of rotatable bonds is 5. The van der Waals surface area contributed by atoms with Gasteiger partial charge >= 0.3 is 0 Å². The molecule has 0 aromatic carbocycles. The zero-order chi connectivity index (χ0) is 13.0. The minimum atomic E-state index is -0.113. The number of hydrogen-bond donors (Lipinski definition) is 1. The summed E-state index contributed by atoms with van der Waals surface area (Å²) < 4.78 is 10.7. The fourth-order valence-electron chi connectivity index (χ4n) is 2.67. The predicted molar refractivity (Wildman–Crippen MR) is 68.4 cm³/mol. The Hall–Kier alpha value is -0.940. The molecule has 2 rings (SSSR count). The number of hydrogen-bond acceptors (Lipinski definition) is 5. The van der Waals surface area contributed by atoms with Gasteiger partial charge in [-0.3, -0.25) is 0 Å². The van der Waals surface area contributed by atoms with Gasteiger partial charge in [0.25, 0.3) is 0 Å². The summed E-state index contributed by atoms with van der Waals surface area (Å²) in [6.07, 6.45) is 4.38. The fraction of sp³-hybridized carbons (Fsp3) is 0.846. The van der Waals surface area contributed by atoms with Crippen molar-refractivity contribution < 1.29 is 9.26 Å². The third-order valence-corrected chi connectivity index (χ3v) is 3.81. The smallest absolute Gasteiger partial charge is 0.234 e. The summed E-state index contributed by atoms with van der Waals surface area (Å²) in [5.74, 6) is 1.42. The summed E-state index contributed by atoms with van der Waals surface area (Å²) in [6.45, 7) is 6.15. The molecule has 1 aromatic heterocycles. The highest BCUT2D eigenvalue weighted by molar-refractivity contribution is 5.09. The van der Waals surface area contributed by atoms with Crippen molar-refractivity contribution in [3.63, 3.8) is 0 Å². The van der Waals surface area contributed by atoms with E-state index in [1.54, 1.807) is 7.11 Å². The van der Waals surface area contributed by atoms with Crippen molar-refractivity contribution in [1.29, 1.82) is 0 Å². The molecule has 5 nitrogen and oxygen atoms in total. The molecule has 2 atom stereocenters. The highest BCUT2D eigenvalue weighted by Crippen LogP contribution is 2.35.